The van der Waals surface area contributed by atoms with Crippen molar-refractivity contribution in [2.45, 2.75) is 53.9 Å². The molecule has 6 aromatic heterocycles. The van der Waals surface area contributed by atoms with Gasteiger partial charge in [0.15, 0.2) is 23.1 Å². The quantitative estimate of drug-likeness (QED) is 0.0482. The molecule has 0 unspecified atom stereocenters. The van der Waals surface area contributed by atoms with Gasteiger partial charge in [0.1, 0.15) is 0 Å². The molecule has 17 heteroatoms. The molecular weight excluding hydrogens is 2410 g/mol. The predicted molar refractivity (Wildman–Crippen MR) is 473 cm³/mol. The van der Waals surface area contributed by atoms with Gasteiger partial charge in [-0.15, -0.1) is 203 Å². The van der Waals surface area contributed by atoms with Crippen molar-refractivity contribution in [3.8, 4) is 89.8 Å². The molecule has 12 nitrogen and oxygen atoms in total. The zero-order valence-corrected chi connectivity index (χ0v) is 80.2. The first-order chi connectivity index (χ1) is 57.4. The van der Waals surface area contributed by atoms with Gasteiger partial charge in [0.2, 0.25) is 0 Å². The Hall–Kier alpha value is -11.9. The molecule has 0 atom stereocenters. The van der Waals surface area contributed by atoms with E-state index in [1.54, 1.807) is 49.1 Å². The van der Waals surface area contributed by atoms with Gasteiger partial charge in [-0.2, -0.15) is 0 Å². The van der Waals surface area contributed by atoms with Crippen molar-refractivity contribution in [3.05, 3.63) is 470 Å². The number of aryl methyl sites for hydroxylation is 1. The summed E-state index contributed by atoms with van der Waals surface area (Å²) in [6.45, 7) is 12.4. The van der Waals surface area contributed by atoms with Crippen LogP contribution in [0.1, 0.15) is 90.1 Å². The normalized spacial score (nSPS) is 10.6. The Morgan fingerprint density at radius 1 is 0.301 bits per heavy atom. The van der Waals surface area contributed by atoms with Gasteiger partial charge in [0.05, 0.1) is 11.5 Å². The molecule has 0 spiro atoms. The van der Waals surface area contributed by atoms with E-state index in [-0.39, 0.29) is 141 Å². The number of aliphatic hydroxyl groups is 2. The average molecular weight is 2500 g/mol. The molecule has 123 heavy (non-hydrogen) atoms. The Bertz CT molecular complexity index is 5570. The van der Waals surface area contributed by atoms with Crippen molar-refractivity contribution in [2.24, 2.45) is 0 Å². The van der Waals surface area contributed by atoms with Gasteiger partial charge < -0.3 is 40.1 Å². The summed E-state index contributed by atoms with van der Waals surface area (Å²) in [5, 5.41) is 16.7. The van der Waals surface area contributed by atoms with Crippen LogP contribution in [0.4, 0.5) is 0 Å². The Labute approximate surface area is 789 Å². The van der Waals surface area contributed by atoms with E-state index < -0.39 is 0 Å². The average Bonchev–Trinajstić information content (AvgIpc) is 1.58. The zero-order valence-electron chi connectivity index (χ0n) is 68.3. The third-order valence-corrected chi connectivity index (χ3v) is 17.9. The van der Waals surface area contributed by atoms with Gasteiger partial charge in [0.25, 0.3) is 0 Å². The van der Waals surface area contributed by atoms with Crippen molar-refractivity contribution in [1.82, 2.24) is 29.9 Å². The minimum absolute atomic E-state index is 0. The van der Waals surface area contributed by atoms with Crippen molar-refractivity contribution in [2.75, 3.05) is 0 Å². The smallest absolute Gasteiger partial charge is 0.194 e. The molecule has 0 aliphatic heterocycles. The maximum atomic E-state index is 12.3. The standard InChI is InChI=1S/C20H16N.2C18H12NO.C18H14N.2C11H8N.2C5H8O2.5Ir/c1-20(2)17-8-4-3-7-15(17)16-11-10-14(13-18(16)20)19-9-5-6-12-21-19;20-18(15-9-5-2-6-10-15)16-11-12-17(19-13-16)14-7-3-1-4-8-14;20-18(15-6-2-1-3-7-15)16-11-9-14(10-12-16)17-8-4-5-13-19-17;1-14-12-18(16-10-6-3-7-11-16)19-13-17(14)15-8-4-2-5-9-15;2*1-2-6-10(7-3-1)11-8-4-5-9-12-11;2*1-4(6)3-5(2)7;;;;;/h3-9,11-13H,1-2H3;1-7,9-13H;1-9,11-13H;2-10,12-13H,1H3;2*1-6,8-9H;2*3,6H,1-2H3;;;;;/q6*-1;;;;;;;. The van der Waals surface area contributed by atoms with E-state index in [2.05, 4.69) is 142 Å². The largest absolute Gasteiger partial charge is 0.512 e. The molecule has 627 valence electrons. The molecule has 10 aromatic carbocycles. The molecule has 16 aromatic rings. The number of hydrogen-bond acceptors (Lipinski definition) is 12. The summed E-state index contributed by atoms with van der Waals surface area (Å²) in [4.78, 5) is 70.6. The van der Waals surface area contributed by atoms with Crippen LogP contribution in [-0.2, 0) is 116 Å². The summed E-state index contributed by atoms with van der Waals surface area (Å²) >= 11 is 0. The first-order valence-corrected chi connectivity index (χ1v) is 38.0. The van der Waals surface area contributed by atoms with E-state index in [0.717, 1.165) is 67.5 Å². The Kier molecular flexibility index (Phi) is 44.5. The Morgan fingerprint density at radius 2 is 0.659 bits per heavy atom. The fourth-order valence-electron chi connectivity index (χ4n) is 12.2. The van der Waals surface area contributed by atoms with Crippen LogP contribution in [0.15, 0.2) is 395 Å². The summed E-state index contributed by atoms with van der Waals surface area (Å²) in [5.41, 5.74) is 23.2. The van der Waals surface area contributed by atoms with Crippen LogP contribution in [0, 0.1) is 43.3 Å². The number of aliphatic hydroxyl groups excluding tert-OH is 2. The number of rotatable bonds is 13. The van der Waals surface area contributed by atoms with Gasteiger partial charge >= 0.3 is 0 Å². The fourth-order valence-corrected chi connectivity index (χ4v) is 12.2. The third kappa shape index (κ3) is 31.8. The molecule has 6 heterocycles. The minimum atomic E-state index is -0.125. The van der Waals surface area contributed by atoms with Gasteiger partial charge in [0, 0.05) is 172 Å². The summed E-state index contributed by atoms with van der Waals surface area (Å²) in [5.74, 6) is -0.129. The number of nitrogens with zero attached hydrogens (tertiary/aromatic N) is 6. The van der Waals surface area contributed by atoms with Crippen LogP contribution < -0.4 is 0 Å². The number of hydrogen-bond donors (Lipinski definition) is 2. The number of allylic oxidation sites excluding steroid dienone is 4. The van der Waals surface area contributed by atoms with E-state index >= 15 is 0 Å². The second-order valence-electron chi connectivity index (χ2n) is 27.2. The number of carbonyl (C=O) groups is 4. The molecule has 0 saturated carbocycles. The van der Waals surface area contributed by atoms with Gasteiger partial charge in [-0.05, 0) is 115 Å². The molecule has 0 fully saturated rings. The monoisotopic (exact) mass is 2500 g/mol. The van der Waals surface area contributed by atoms with Crippen LogP contribution in [0.25, 0.3) is 89.8 Å². The van der Waals surface area contributed by atoms with Gasteiger partial charge in [-0.25, -0.2) is 0 Å². The second kappa shape index (κ2) is 53.8. The summed E-state index contributed by atoms with van der Waals surface area (Å²) in [6.07, 6.45) is 13.0. The number of benzene rings is 10. The molecule has 1 aliphatic rings. The number of pyridine rings is 6. The molecule has 0 amide bonds. The van der Waals surface area contributed by atoms with Crippen LogP contribution >= 0.6 is 0 Å². The molecule has 17 rings (SSSR count). The maximum Gasteiger partial charge on any atom is 0.194 e. The summed E-state index contributed by atoms with van der Waals surface area (Å²) in [6, 6.07) is 127. The summed E-state index contributed by atoms with van der Waals surface area (Å²) in [7, 11) is 0. The number of ketones is 4. The van der Waals surface area contributed by atoms with E-state index in [1.165, 1.54) is 78.8 Å². The van der Waals surface area contributed by atoms with Gasteiger partial charge in [-0.3, -0.25) is 19.2 Å². The second-order valence-corrected chi connectivity index (χ2v) is 27.2. The first kappa shape index (κ1) is 102. The van der Waals surface area contributed by atoms with Crippen molar-refractivity contribution >= 4 is 23.1 Å². The van der Waals surface area contributed by atoms with Crippen LogP contribution in [0.5, 0.6) is 0 Å². The minimum Gasteiger partial charge on any atom is -0.512 e. The first-order valence-electron chi connectivity index (χ1n) is 38.0. The maximum absolute atomic E-state index is 12.3. The number of fused-ring (bicyclic) bond motifs is 3. The molecule has 2 N–H and O–H groups in total. The number of carbonyl (C=O) groups excluding carboxylic acids is 4. The number of aromatic nitrogens is 6. The van der Waals surface area contributed by atoms with Crippen LogP contribution in [0.3, 0.4) is 0 Å². The summed E-state index contributed by atoms with van der Waals surface area (Å²) < 4.78 is 0. The van der Waals surface area contributed by atoms with E-state index in [1.807, 2.05) is 267 Å². The van der Waals surface area contributed by atoms with Gasteiger partial charge in [-0.1, -0.05) is 213 Å². The van der Waals surface area contributed by atoms with E-state index in [4.69, 9.17) is 10.2 Å². The molecule has 5 radical (unpaired) electrons. The third-order valence-electron chi connectivity index (χ3n) is 17.9. The molecule has 0 bridgehead atoms. The Balaban J connectivity index is 0.000000254. The van der Waals surface area contributed by atoms with Crippen molar-refractivity contribution < 1.29 is 130 Å². The fraction of sp³-hybridized carbons (Fsp3) is 0.0755. The van der Waals surface area contributed by atoms with Crippen LogP contribution in [0.2, 0.25) is 0 Å². The molecule has 1 aliphatic carbocycles. The molecule has 0 saturated heterocycles. The topological polar surface area (TPSA) is 186 Å². The van der Waals surface area contributed by atoms with Crippen molar-refractivity contribution in [3.63, 3.8) is 0 Å². The van der Waals surface area contributed by atoms with E-state index in [9.17, 15) is 19.2 Å². The van der Waals surface area contributed by atoms with E-state index in [0.29, 0.717) is 22.3 Å². The van der Waals surface area contributed by atoms with Crippen LogP contribution in [-0.4, -0.2) is 63.2 Å². The van der Waals surface area contributed by atoms with Crippen molar-refractivity contribution in [1.29, 1.82) is 0 Å². The molecular formula is C106H86Ir5N6O6-6. The zero-order chi connectivity index (χ0) is 83.3. The Morgan fingerprint density at radius 3 is 1.02 bits per heavy atom. The SMILES string of the molecule is CC(=O)C=C(C)O.CC(=O)C=C(C)O.CC1(C)c2ccccc2-c2c[c-]c(-c3ccccn3)cc21.Cc1cc(-c2[c-]cccc2)ncc1-c1ccccc1.O=C(c1c[c-]c(-c2ccccn2)cc1)c1ccccc1.O=C(c1ccccc1)c1ccc(-c2[c-]cccc2)nc1.[Ir].[Ir].[Ir].[Ir].[Ir].[c-]1ccccc1-c1ccccn1.[c-]1ccccc1-c1ccccn1. The predicted octanol–water partition coefficient (Wildman–Crippen LogP) is 24.1.